The van der Waals surface area contributed by atoms with Crippen LogP contribution in [0.1, 0.15) is 15.9 Å². The Morgan fingerprint density at radius 2 is 1.85 bits per heavy atom. The maximum absolute atomic E-state index is 11.3. The van der Waals surface area contributed by atoms with E-state index in [0.29, 0.717) is 16.1 Å². The largest absolute Gasteiger partial charge is 0.286 e. The second kappa shape index (κ2) is 2.82. The predicted octanol–water partition coefficient (Wildman–Crippen LogP) is 2.12. The molecule has 0 spiro atoms. The van der Waals surface area contributed by atoms with E-state index in [2.05, 4.69) is 0 Å². The molecule has 0 N–H and O–H groups in total. The van der Waals surface area contributed by atoms with Crippen LogP contribution in [0.15, 0.2) is 24.3 Å². The summed E-state index contributed by atoms with van der Waals surface area (Å²) in [5, 5.41) is 0.495. The van der Waals surface area contributed by atoms with Gasteiger partial charge in [0, 0.05) is 16.1 Å². The molecule has 0 unspecified atom stereocenters. The van der Waals surface area contributed by atoms with Gasteiger partial charge in [-0.05, 0) is 18.2 Å². The molecule has 1 aliphatic rings. The van der Waals surface area contributed by atoms with Crippen molar-refractivity contribution in [3.63, 3.8) is 0 Å². The maximum atomic E-state index is 11.3. The van der Waals surface area contributed by atoms with Gasteiger partial charge in [0.15, 0.2) is 0 Å². The average Bonchev–Trinajstić information content (AvgIpc) is 2.12. The Morgan fingerprint density at radius 3 is 2.62 bits per heavy atom. The van der Waals surface area contributed by atoms with E-state index in [4.69, 9.17) is 11.6 Å². The van der Waals surface area contributed by atoms with E-state index < -0.39 is 11.6 Å². The van der Waals surface area contributed by atoms with Crippen molar-refractivity contribution in [3.05, 3.63) is 40.4 Å². The first kappa shape index (κ1) is 8.20. The topological polar surface area (TPSA) is 34.1 Å². The normalized spacial score (nSPS) is 14.5. The van der Waals surface area contributed by atoms with Crippen LogP contribution in [0.25, 0.3) is 6.08 Å². The van der Waals surface area contributed by atoms with E-state index in [-0.39, 0.29) is 0 Å². The summed E-state index contributed by atoms with van der Waals surface area (Å²) in [6.45, 7) is 0. The lowest BCUT2D eigenvalue weighted by molar-refractivity contribution is -0.110. The molecule has 0 heterocycles. The molecule has 64 valence electrons. The lowest BCUT2D eigenvalue weighted by atomic mass is 9.95. The average molecular weight is 193 g/mol. The van der Waals surface area contributed by atoms with Crippen molar-refractivity contribution in [2.24, 2.45) is 0 Å². The number of Topliss-reactive ketones (excluding diaryl/α,β-unsaturated/α-hetero) is 1. The van der Waals surface area contributed by atoms with Crippen LogP contribution in [0.2, 0.25) is 5.02 Å². The van der Waals surface area contributed by atoms with Gasteiger partial charge in [0.25, 0.3) is 0 Å². The smallest absolute Gasteiger partial charge is 0.233 e. The molecule has 0 saturated carbocycles. The molecule has 0 amide bonds. The van der Waals surface area contributed by atoms with E-state index in [1.807, 2.05) is 0 Å². The SMILES string of the molecule is O=C1C=Cc2c(Cl)cccc2C1=O. The highest BCUT2D eigenvalue weighted by Gasteiger charge is 2.21. The van der Waals surface area contributed by atoms with Crippen molar-refractivity contribution < 1.29 is 9.59 Å². The third kappa shape index (κ3) is 1.19. The molecule has 1 aliphatic carbocycles. The monoisotopic (exact) mass is 192 g/mol. The first-order valence-corrected chi connectivity index (χ1v) is 4.13. The number of rotatable bonds is 0. The lowest BCUT2D eigenvalue weighted by Gasteiger charge is -2.08. The van der Waals surface area contributed by atoms with Crippen LogP contribution in [-0.2, 0) is 4.79 Å². The molecule has 13 heavy (non-hydrogen) atoms. The molecule has 0 aromatic heterocycles. The van der Waals surface area contributed by atoms with Gasteiger partial charge in [-0.2, -0.15) is 0 Å². The van der Waals surface area contributed by atoms with E-state index in [1.165, 1.54) is 6.08 Å². The summed E-state index contributed by atoms with van der Waals surface area (Å²) in [7, 11) is 0. The molecule has 0 saturated heterocycles. The second-order valence-electron chi connectivity index (χ2n) is 2.73. The number of fused-ring (bicyclic) bond motifs is 1. The Kier molecular flexibility index (Phi) is 1.78. The van der Waals surface area contributed by atoms with Crippen molar-refractivity contribution in [3.8, 4) is 0 Å². The Labute approximate surface area is 79.8 Å². The molecule has 2 rings (SSSR count). The molecule has 1 aromatic rings. The number of ketones is 2. The summed E-state index contributed by atoms with van der Waals surface area (Å²) in [6, 6.07) is 4.95. The van der Waals surface area contributed by atoms with Crippen LogP contribution in [0.3, 0.4) is 0 Å². The van der Waals surface area contributed by atoms with E-state index in [9.17, 15) is 9.59 Å². The fraction of sp³-hybridized carbons (Fsp3) is 0. The summed E-state index contributed by atoms with van der Waals surface area (Å²) < 4.78 is 0. The van der Waals surface area contributed by atoms with Crippen LogP contribution in [0, 0.1) is 0 Å². The van der Waals surface area contributed by atoms with E-state index in [0.717, 1.165) is 0 Å². The minimum atomic E-state index is -0.491. The Morgan fingerprint density at radius 1 is 1.08 bits per heavy atom. The molecule has 0 atom stereocenters. The van der Waals surface area contributed by atoms with Crippen LogP contribution < -0.4 is 0 Å². The lowest BCUT2D eigenvalue weighted by Crippen LogP contribution is -2.16. The summed E-state index contributed by atoms with van der Waals surface area (Å²) in [5.74, 6) is -0.977. The highest BCUT2D eigenvalue weighted by Crippen LogP contribution is 2.24. The minimum Gasteiger partial charge on any atom is -0.286 e. The summed E-state index contributed by atoms with van der Waals surface area (Å²) in [5.41, 5.74) is 1.02. The predicted molar refractivity (Wildman–Crippen MR) is 49.8 cm³/mol. The van der Waals surface area contributed by atoms with Crippen molar-refractivity contribution in [2.75, 3.05) is 0 Å². The molecule has 2 nitrogen and oxygen atoms in total. The molecule has 1 aromatic carbocycles. The van der Waals surface area contributed by atoms with Gasteiger partial charge in [0.05, 0.1) is 0 Å². The molecule has 0 aliphatic heterocycles. The van der Waals surface area contributed by atoms with Crippen molar-refractivity contribution >= 4 is 29.2 Å². The van der Waals surface area contributed by atoms with Gasteiger partial charge in [-0.15, -0.1) is 0 Å². The van der Waals surface area contributed by atoms with Crippen molar-refractivity contribution in [1.29, 1.82) is 0 Å². The third-order valence-corrected chi connectivity index (χ3v) is 2.25. The van der Waals surface area contributed by atoms with E-state index in [1.54, 1.807) is 24.3 Å². The van der Waals surface area contributed by atoms with Crippen molar-refractivity contribution in [2.45, 2.75) is 0 Å². The van der Waals surface area contributed by atoms with Crippen LogP contribution in [0.4, 0.5) is 0 Å². The van der Waals surface area contributed by atoms with Gasteiger partial charge in [-0.1, -0.05) is 23.7 Å². The number of benzene rings is 1. The third-order valence-electron chi connectivity index (χ3n) is 1.92. The fourth-order valence-corrected chi connectivity index (χ4v) is 1.51. The fourth-order valence-electron chi connectivity index (χ4n) is 1.27. The van der Waals surface area contributed by atoms with Crippen LogP contribution in [0.5, 0.6) is 0 Å². The summed E-state index contributed by atoms with van der Waals surface area (Å²) >= 11 is 5.84. The quantitative estimate of drug-likeness (QED) is 0.590. The summed E-state index contributed by atoms with van der Waals surface area (Å²) in [4.78, 5) is 22.3. The number of allylic oxidation sites excluding steroid dienone is 1. The zero-order valence-electron chi connectivity index (χ0n) is 6.58. The van der Waals surface area contributed by atoms with Gasteiger partial charge in [0.1, 0.15) is 0 Å². The molecular formula is C10H5ClO2. The van der Waals surface area contributed by atoms with Crippen LogP contribution in [-0.4, -0.2) is 11.6 Å². The highest BCUT2D eigenvalue weighted by molar-refractivity contribution is 6.50. The number of halogens is 1. The summed E-state index contributed by atoms with van der Waals surface area (Å²) in [6.07, 6.45) is 2.82. The molecule has 0 radical (unpaired) electrons. The Hall–Kier alpha value is -1.41. The van der Waals surface area contributed by atoms with Gasteiger partial charge >= 0.3 is 0 Å². The second-order valence-corrected chi connectivity index (χ2v) is 3.13. The zero-order valence-corrected chi connectivity index (χ0v) is 7.34. The zero-order chi connectivity index (χ0) is 9.42. The molecule has 3 heteroatoms. The van der Waals surface area contributed by atoms with Gasteiger partial charge in [0.2, 0.25) is 11.6 Å². The number of carbonyl (C=O) groups is 2. The number of carbonyl (C=O) groups excluding carboxylic acids is 2. The number of hydrogen-bond acceptors (Lipinski definition) is 2. The van der Waals surface area contributed by atoms with Gasteiger partial charge < -0.3 is 0 Å². The Balaban J connectivity index is 2.72. The van der Waals surface area contributed by atoms with Crippen LogP contribution >= 0.6 is 11.6 Å². The highest BCUT2D eigenvalue weighted by atomic mass is 35.5. The molecule has 0 fully saturated rings. The molecular weight excluding hydrogens is 188 g/mol. The Bertz CT molecular complexity index is 433. The van der Waals surface area contributed by atoms with Gasteiger partial charge in [-0.25, -0.2) is 0 Å². The first-order chi connectivity index (χ1) is 6.20. The van der Waals surface area contributed by atoms with Crippen molar-refractivity contribution in [1.82, 2.24) is 0 Å². The molecule has 0 bridgehead atoms. The minimum absolute atomic E-state index is 0.389. The first-order valence-electron chi connectivity index (χ1n) is 3.75. The van der Waals surface area contributed by atoms with Gasteiger partial charge in [-0.3, -0.25) is 9.59 Å². The number of hydrogen-bond donors (Lipinski definition) is 0. The maximum Gasteiger partial charge on any atom is 0.233 e. The standard InChI is InChI=1S/C10H5ClO2/c11-8-3-1-2-7-6(8)4-5-9(12)10(7)13/h1-5H. The van der Waals surface area contributed by atoms with E-state index >= 15 is 0 Å².